The van der Waals surface area contributed by atoms with Gasteiger partial charge in [-0.05, 0) is 110 Å². The summed E-state index contributed by atoms with van der Waals surface area (Å²) in [6.45, 7) is 7.11. The first-order valence-corrected chi connectivity index (χ1v) is 17.0. The van der Waals surface area contributed by atoms with Gasteiger partial charge >= 0.3 is 0 Å². The Labute approximate surface area is 276 Å². The molecular formula is C42H32Br2. The number of benzene rings is 6. The third kappa shape index (κ3) is 4.37. The van der Waals surface area contributed by atoms with Crippen molar-refractivity contribution in [3.8, 4) is 22.3 Å². The summed E-state index contributed by atoms with van der Waals surface area (Å²) in [5, 5.41) is 5.14. The molecular weight excluding hydrogens is 664 g/mol. The van der Waals surface area contributed by atoms with Crippen LogP contribution in [-0.2, 0) is 0 Å². The molecule has 2 aliphatic carbocycles. The number of fused-ring (bicyclic) bond motifs is 4. The number of hydrogen-bond acceptors (Lipinski definition) is 0. The van der Waals surface area contributed by atoms with Gasteiger partial charge in [-0.25, -0.2) is 0 Å². The average molecular weight is 697 g/mol. The van der Waals surface area contributed by atoms with Gasteiger partial charge in [-0.2, -0.15) is 0 Å². The maximum absolute atomic E-state index is 3.99. The second-order valence-corrected chi connectivity index (χ2v) is 14.3. The Morgan fingerprint density at radius 1 is 0.523 bits per heavy atom. The van der Waals surface area contributed by atoms with Crippen LogP contribution in [0.3, 0.4) is 0 Å². The smallest absolute Gasteiger partial charge is 0.0256 e. The quantitative estimate of drug-likeness (QED) is 0.172. The lowest BCUT2D eigenvalue weighted by atomic mass is 9.73. The highest BCUT2D eigenvalue weighted by Crippen LogP contribution is 2.54. The first kappa shape index (κ1) is 27.8. The van der Waals surface area contributed by atoms with Crippen LogP contribution in [0.25, 0.3) is 56.0 Å². The molecule has 0 bridgehead atoms. The van der Waals surface area contributed by atoms with Crippen LogP contribution in [0.4, 0.5) is 0 Å². The standard InChI is InChI=1S/C42H32Br2/c1-24-18-35-37(20-29(22-39(35)43)33-16-8-12-27-10-4-6-14-31(27)33)41(24)26(3)42-25(2)19-36-38(42)21-30(23-40(36)44)34-17-9-13-28-11-5-7-15-32(28)34/h4-23,26,41-42H,1-3H3. The van der Waals surface area contributed by atoms with Gasteiger partial charge in [0.15, 0.2) is 0 Å². The molecule has 44 heavy (non-hydrogen) atoms. The molecule has 6 aromatic carbocycles. The van der Waals surface area contributed by atoms with Crippen LogP contribution in [-0.4, -0.2) is 0 Å². The van der Waals surface area contributed by atoms with Gasteiger partial charge in [0, 0.05) is 20.8 Å². The molecule has 2 heteroatoms. The Morgan fingerprint density at radius 2 is 0.932 bits per heavy atom. The van der Waals surface area contributed by atoms with Gasteiger partial charge in [-0.1, -0.05) is 147 Å². The van der Waals surface area contributed by atoms with Gasteiger partial charge in [-0.3, -0.25) is 0 Å². The van der Waals surface area contributed by atoms with Crippen molar-refractivity contribution < 1.29 is 0 Å². The highest BCUT2D eigenvalue weighted by molar-refractivity contribution is 9.10. The van der Waals surface area contributed by atoms with Crippen molar-refractivity contribution in [1.82, 2.24) is 0 Å². The van der Waals surface area contributed by atoms with Crippen LogP contribution in [0.1, 0.15) is 54.9 Å². The third-order valence-corrected chi connectivity index (χ3v) is 11.3. The van der Waals surface area contributed by atoms with E-state index in [2.05, 4.69) is 174 Å². The molecule has 0 amide bonds. The summed E-state index contributed by atoms with van der Waals surface area (Å²) in [6.07, 6.45) is 4.82. The Kier molecular flexibility index (Phi) is 6.77. The van der Waals surface area contributed by atoms with E-state index in [1.165, 1.54) is 86.1 Å². The summed E-state index contributed by atoms with van der Waals surface area (Å²) in [5.41, 5.74) is 13.5. The molecule has 0 nitrogen and oxygen atoms in total. The number of rotatable bonds is 4. The van der Waals surface area contributed by atoms with Crippen LogP contribution < -0.4 is 0 Å². The highest BCUT2D eigenvalue weighted by atomic mass is 79.9. The summed E-state index contributed by atoms with van der Waals surface area (Å²) in [7, 11) is 0. The first-order valence-electron chi connectivity index (χ1n) is 15.4. The van der Waals surface area contributed by atoms with Crippen molar-refractivity contribution in [1.29, 1.82) is 0 Å². The predicted molar refractivity (Wildman–Crippen MR) is 196 cm³/mol. The second kappa shape index (κ2) is 10.7. The molecule has 0 saturated heterocycles. The van der Waals surface area contributed by atoms with Gasteiger partial charge in [0.1, 0.15) is 0 Å². The summed E-state index contributed by atoms with van der Waals surface area (Å²) < 4.78 is 2.35. The fourth-order valence-electron chi connectivity index (χ4n) is 8.08. The molecule has 2 unspecified atom stereocenters. The zero-order valence-electron chi connectivity index (χ0n) is 25.0. The molecule has 0 N–H and O–H groups in total. The molecule has 0 fully saturated rings. The van der Waals surface area contributed by atoms with E-state index < -0.39 is 0 Å². The van der Waals surface area contributed by atoms with Gasteiger partial charge in [0.25, 0.3) is 0 Å². The van der Waals surface area contributed by atoms with Crippen LogP contribution in [0.2, 0.25) is 0 Å². The Bertz CT molecular complexity index is 2030. The molecule has 0 aliphatic heterocycles. The van der Waals surface area contributed by atoms with Crippen LogP contribution in [0, 0.1) is 5.92 Å². The Morgan fingerprint density at radius 3 is 1.39 bits per heavy atom. The summed E-state index contributed by atoms with van der Waals surface area (Å²) in [4.78, 5) is 0. The van der Waals surface area contributed by atoms with E-state index in [9.17, 15) is 0 Å². The van der Waals surface area contributed by atoms with E-state index in [1.807, 2.05) is 0 Å². The van der Waals surface area contributed by atoms with Crippen molar-refractivity contribution in [2.75, 3.05) is 0 Å². The second-order valence-electron chi connectivity index (χ2n) is 12.6. The molecule has 0 saturated carbocycles. The fraction of sp³-hybridized carbons (Fsp3) is 0.143. The minimum atomic E-state index is 0.329. The maximum Gasteiger partial charge on any atom is 0.0256 e. The van der Waals surface area contributed by atoms with Crippen molar-refractivity contribution >= 4 is 65.6 Å². The van der Waals surface area contributed by atoms with Crippen LogP contribution in [0.5, 0.6) is 0 Å². The van der Waals surface area contributed by atoms with E-state index >= 15 is 0 Å². The zero-order valence-corrected chi connectivity index (χ0v) is 28.2. The van der Waals surface area contributed by atoms with Gasteiger partial charge in [-0.15, -0.1) is 0 Å². The van der Waals surface area contributed by atoms with Gasteiger partial charge < -0.3 is 0 Å². The molecule has 0 heterocycles. The number of halogens is 2. The molecule has 0 radical (unpaired) electrons. The lowest BCUT2D eigenvalue weighted by Crippen LogP contribution is -2.18. The van der Waals surface area contributed by atoms with Gasteiger partial charge in [0.05, 0.1) is 0 Å². The molecule has 2 atom stereocenters. The SMILES string of the molecule is CC1=Cc2c(Br)cc(-c3cccc4ccccc34)cc2C1C(C)C1C(C)=Cc2c(Br)cc(-c3cccc4ccccc34)cc21. The fourth-order valence-corrected chi connectivity index (χ4v) is 9.26. The Hall–Kier alpha value is -3.72. The van der Waals surface area contributed by atoms with E-state index in [4.69, 9.17) is 0 Å². The topological polar surface area (TPSA) is 0 Å². The van der Waals surface area contributed by atoms with Gasteiger partial charge in [0.2, 0.25) is 0 Å². The van der Waals surface area contributed by atoms with E-state index in [0.717, 1.165) is 0 Å². The average Bonchev–Trinajstić information content (AvgIpc) is 3.56. The monoisotopic (exact) mass is 694 g/mol. The molecule has 8 rings (SSSR count). The lowest BCUT2D eigenvalue weighted by Gasteiger charge is -2.31. The van der Waals surface area contributed by atoms with E-state index in [1.54, 1.807) is 0 Å². The Balaban J connectivity index is 1.24. The van der Waals surface area contributed by atoms with Crippen LogP contribution >= 0.6 is 31.9 Å². The molecule has 0 aromatic heterocycles. The van der Waals surface area contributed by atoms with Crippen molar-refractivity contribution in [2.24, 2.45) is 5.92 Å². The third-order valence-electron chi connectivity index (χ3n) is 9.97. The van der Waals surface area contributed by atoms with Crippen molar-refractivity contribution in [3.05, 3.63) is 152 Å². The summed E-state index contributed by atoms with van der Waals surface area (Å²) in [6, 6.07) is 40.2. The predicted octanol–water partition coefficient (Wildman–Crippen LogP) is 13.2. The minimum Gasteiger partial charge on any atom is -0.0649 e. The molecule has 2 aliphatic rings. The number of hydrogen-bond donors (Lipinski definition) is 0. The normalized spacial score (nSPS) is 17.8. The molecule has 214 valence electrons. The summed E-state index contributed by atoms with van der Waals surface area (Å²) >= 11 is 7.97. The molecule has 6 aromatic rings. The maximum atomic E-state index is 3.99. The number of allylic oxidation sites excluding steroid dienone is 2. The largest absolute Gasteiger partial charge is 0.0649 e. The highest BCUT2D eigenvalue weighted by Gasteiger charge is 2.38. The minimum absolute atomic E-state index is 0.329. The first-order chi connectivity index (χ1) is 21.4. The van der Waals surface area contributed by atoms with E-state index in [-0.39, 0.29) is 0 Å². The molecule has 0 spiro atoms. The zero-order chi connectivity index (χ0) is 30.1. The van der Waals surface area contributed by atoms with Crippen molar-refractivity contribution in [3.63, 3.8) is 0 Å². The van der Waals surface area contributed by atoms with Crippen LogP contribution in [0.15, 0.2) is 129 Å². The summed E-state index contributed by atoms with van der Waals surface area (Å²) in [5.74, 6) is 1.04. The van der Waals surface area contributed by atoms with E-state index in [0.29, 0.717) is 17.8 Å². The lowest BCUT2D eigenvalue weighted by molar-refractivity contribution is 0.455. The van der Waals surface area contributed by atoms with Crippen molar-refractivity contribution in [2.45, 2.75) is 32.6 Å².